The van der Waals surface area contributed by atoms with Gasteiger partial charge in [0.2, 0.25) is 0 Å². The van der Waals surface area contributed by atoms with Crippen LogP contribution in [0.3, 0.4) is 0 Å². The van der Waals surface area contributed by atoms with Crippen LogP contribution in [-0.4, -0.2) is 47.5 Å². The van der Waals surface area contributed by atoms with Crippen LogP contribution in [-0.2, 0) is 6.54 Å². The number of carbonyl (C=O) groups is 1. The van der Waals surface area contributed by atoms with E-state index in [0.717, 1.165) is 13.0 Å². The van der Waals surface area contributed by atoms with Crippen LogP contribution < -0.4 is 10.9 Å². The third-order valence-corrected chi connectivity index (χ3v) is 3.86. The standard InChI is InChI=1S/C16H22N4O2S/c1-4-8-20-15(22)12-6-5-11(10-13(12)18-16(20)23)14(21)17-7-9-19(2)3/h5-6,10H,4,7-9H2,1-3H3,(H,17,21)(H,18,23). The van der Waals surface area contributed by atoms with E-state index in [1.165, 1.54) is 0 Å². The van der Waals surface area contributed by atoms with E-state index in [9.17, 15) is 9.59 Å². The molecule has 0 radical (unpaired) electrons. The van der Waals surface area contributed by atoms with Gasteiger partial charge >= 0.3 is 0 Å². The molecule has 0 atom stereocenters. The van der Waals surface area contributed by atoms with E-state index >= 15 is 0 Å². The maximum Gasteiger partial charge on any atom is 0.262 e. The first-order valence-electron chi connectivity index (χ1n) is 7.64. The van der Waals surface area contributed by atoms with Crippen LogP contribution >= 0.6 is 12.2 Å². The summed E-state index contributed by atoms with van der Waals surface area (Å²) in [5.41, 5.74) is 0.979. The van der Waals surface area contributed by atoms with Gasteiger partial charge in [-0.05, 0) is 50.9 Å². The molecule has 2 N–H and O–H groups in total. The number of hydrogen-bond acceptors (Lipinski definition) is 4. The first-order valence-corrected chi connectivity index (χ1v) is 8.04. The Kier molecular flexibility index (Phi) is 5.68. The Balaban J connectivity index is 2.33. The quantitative estimate of drug-likeness (QED) is 0.790. The van der Waals surface area contributed by atoms with Crippen LogP contribution in [0.15, 0.2) is 23.0 Å². The Morgan fingerprint density at radius 3 is 2.78 bits per heavy atom. The number of aromatic nitrogens is 2. The van der Waals surface area contributed by atoms with Gasteiger partial charge in [0.05, 0.1) is 10.9 Å². The van der Waals surface area contributed by atoms with Crippen LogP contribution in [0.2, 0.25) is 0 Å². The number of rotatable bonds is 6. The summed E-state index contributed by atoms with van der Waals surface area (Å²) in [6.45, 7) is 3.91. The number of fused-ring (bicyclic) bond motifs is 1. The topological polar surface area (TPSA) is 70.1 Å². The Morgan fingerprint density at radius 2 is 2.13 bits per heavy atom. The number of hydrogen-bond donors (Lipinski definition) is 2. The molecule has 0 aliphatic carbocycles. The molecule has 2 aromatic rings. The fourth-order valence-electron chi connectivity index (χ4n) is 2.32. The Morgan fingerprint density at radius 1 is 1.39 bits per heavy atom. The van der Waals surface area contributed by atoms with Crippen molar-refractivity contribution >= 4 is 29.0 Å². The SMILES string of the molecule is CCCn1c(=S)[nH]c2cc(C(=O)NCCN(C)C)ccc2c1=O. The van der Waals surface area contributed by atoms with E-state index in [-0.39, 0.29) is 11.5 Å². The lowest BCUT2D eigenvalue weighted by Crippen LogP contribution is -2.31. The van der Waals surface area contributed by atoms with Gasteiger partial charge < -0.3 is 15.2 Å². The van der Waals surface area contributed by atoms with Gasteiger partial charge in [0, 0.05) is 25.2 Å². The third kappa shape index (κ3) is 4.05. The fraction of sp³-hybridized carbons (Fsp3) is 0.438. The number of benzene rings is 1. The maximum atomic E-state index is 12.4. The third-order valence-electron chi connectivity index (χ3n) is 3.54. The predicted octanol–water partition coefficient (Wildman–Crippen LogP) is 1.76. The number of H-pyrrole nitrogens is 1. The molecule has 0 aliphatic heterocycles. The molecule has 0 unspecified atom stereocenters. The summed E-state index contributed by atoms with van der Waals surface area (Å²) >= 11 is 5.24. The highest BCUT2D eigenvalue weighted by atomic mass is 32.1. The molecule has 0 fully saturated rings. The molecule has 1 heterocycles. The monoisotopic (exact) mass is 334 g/mol. The summed E-state index contributed by atoms with van der Waals surface area (Å²) in [6, 6.07) is 5.02. The summed E-state index contributed by atoms with van der Waals surface area (Å²) in [7, 11) is 3.90. The van der Waals surface area contributed by atoms with Gasteiger partial charge in [0.1, 0.15) is 0 Å². The smallest absolute Gasteiger partial charge is 0.262 e. The zero-order chi connectivity index (χ0) is 17.0. The summed E-state index contributed by atoms with van der Waals surface area (Å²) in [4.78, 5) is 29.6. The van der Waals surface area contributed by atoms with Crippen molar-refractivity contribution in [2.75, 3.05) is 27.2 Å². The summed E-state index contributed by atoms with van der Waals surface area (Å²) in [5.74, 6) is -0.161. The molecule has 1 aromatic carbocycles. The molecule has 0 bridgehead atoms. The average Bonchev–Trinajstić information content (AvgIpc) is 2.50. The Bertz CT molecular complexity index is 823. The summed E-state index contributed by atoms with van der Waals surface area (Å²) in [6.07, 6.45) is 0.829. The molecule has 7 heteroatoms. The minimum absolute atomic E-state index is 0.120. The first-order chi connectivity index (χ1) is 10.9. The molecule has 23 heavy (non-hydrogen) atoms. The van der Waals surface area contributed by atoms with Crippen molar-refractivity contribution < 1.29 is 4.79 Å². The van der Waals surface area contributed by atoms with Gasteiger partial charge in [-0.2, -0.15) is 0 Å². The van der Waals surface area contributed by atoms with Gasteiger partial charge in [0.25, 0.3) is 11.5 Å². The lowest BCUT2D eigenvalue weighted by molar-refractivity contribution is 0.0951. The van der Waals surface area contributed by atoms with Gasteiger partial charge in [-0.1, -0.05) is 6.92 Å². The highest BCUT2D eigenvalue weighted by Crippen LogP contribution is 2.11. The molecule has 2 rings (SSSR count). The van der Waals surface area contributed by atoms with Gasteiger partial charge in [-0.3, -0.25) is 14.2 Å². The number of nitrogens with one attached hydrogen (secondary N) is 2. The molecule has 0 saturated carbocycles. The van der Waals surface area contributed by atoms with Gasteiger partial charge in [0.15, 0.2) is 4.77 Å². The van der Waals surface area contributed by atoms with Crippen molar-refractivity contribution in [2.45, 2.75) is 19.9 Å². The van der Waals surface area contributed by atoms with Crippen LogP contribution in [0.5, 0.6) is 0 Å². The van der Waals surface area contributed by atoms with Crippen LogP contribution in [0, 0.1) is 4.77 Å². The van der Waals surface area contributed by atoms with E-state index in [2.05, 4.69) is 10.3 Å². The van der Waals surface area contributed by atoms with E-state index in [1.54, 1.807) is 22.8 Å². The number of nitrogens with zero attached hydrogens (tertiary/aromatic N) is 2. The highest BCUT2D eigenvalue weighted by Gasteiger charge is 2.10. The number of amides is 1. The van der Waals surface area contributed by atoms with Crippen molar-refractivity contribution in [3.05, 3.63) is 38.9 Å². The van der Waals surface area contributed by atoms with E-state index in [0.29, 0.717) is 34.3 Å². The van der Waals surface area contributed by atoms with Crippen molar-refractivity contribution in [3.8, 4) is 0 Å². The van der Waals surface area contributed by atoms with E-state index < -0.39 is 0 Å². The van der Waals surface area contributed by atoms with Crippen molar-refractivity contribution in [2.24, 2.45) is 0 Å². The minimum Gasteiger partial charge on any atom is -0.351 e. The molecule has 1 aromatic heterocycles. The number of aromatic amines is 1. The molecule has 0 saturated heterocycles. The Labute approximate surface area is 140 Å². The van der Waals surface area contributed by atoms with E-state index in [4.69, 9.17) is 12.2 Å². The first kappa shape index (κ1) is 17.4. The second-order valence-corrected chi connectivity index (χ2v) is 6.09. The maximum absolute atomic E-state index is 12.4. The largest absolute Gasteiger partial charge is 0.351 e. The van der Waals surface area contributed by atoms with Crippen molar-refractivity contribution in [1.82, 2.24) is 19.8 Å². The van der Waals surface area contributed by atoms with E-state index in [1.807, 2.05) is 25.9 Å². The summed E-state index contributed by atoms with van der Waals surface area (Å²) in [5, 5.41) is 3.39. The van der Waals surface area contributed by atoms with Gasteiger partial charge in [-0.25, -0.2) is 0 Å². The lowest BCUT2D eigenvalue weighted by atomic mass is 10.1. The Hall–Kier alpha value is -1.99. The van der Waals surface area contributed by atoms with Crippen LogP contribution in [0.4, 0.5) is 0 Å². The second kappa shape index (κ2) is 7.52. The fourth-order valence-corrected chi connectivity index (χ4v) is 2.60. The van der Waals surface area contributed by atoms with Crippen molar-refractivity contribution in [1.29, 1.82) is 0 Å². The molecule has 1 amide bonds. The molecule has 6 nitrogen and oxygen atoms in total. The zero-order valence-corrected chi connectivity index (χ0v) is 14.5. The van der Waals surface area contributed by atoms with Crippen molar-refractivity contribution in [3.63, 3.8) is 0 Å². The van der Waals surface area contributed by atoms with Crippen LogP contribution in [0.25, 0.3) is 10.9 Å². The zero-order valence-electron chi connectivity index (χ0n) is 13.7. The van der Waals surface area contributed by atoms with Crippen LogP contribution in [0.1, 0.15) is 23.7 Å². The number of likely N-dealkylation sites (N-methyl/N-ethyl adjacent to an activating group) is 1. The molecule has 124 valence electrons. The summed E-state index contributed by atoms with van der Waals surface area (Å²) < 4.78 is 1.93. The number of carbonyl (C=O) groups excluding carboxylic acids is 1. The predicted molar refractivity (Wildman–Crippen MR) is 94.6 cm³/mol. The normalized spacial score (nSPS) is 11.1. The lowest BCUT2D eigenvalue weighted by Gasteiger charge is -2.11. The highest BCUT2D eigenvalue weighted by molar-refractivity contribution is 7.71. The average molecular weight is 334 g/mol. The molecule has 0 aliphatic rings. The molecular weight excluding hydrogens is 312 g/mol. The van der Waals surface area contributed by atoms with Gasteiger partial charge in [-0.15, -0.1) is 0 Å². The molecule has 0 spiro atoms. The minimum atomic E-state index is -0.161. The second-order valence-electron chi connectivity index (χ2n) is 5.71. The molecular formula is C16H22N4O2S.